The summed E-state index contributed by atoms with van der Waals surface area (Å²) in [6.45, 7) is 3.21. The predicted molar refractivity (Wildman–Crippen MR) is 91.6 cm³/mol. The fraction of sp³-hybridized carbons (Fsp3) is 0.188. The minimum atomic E-state index is -0.518. The Balaban J connectivity index is 2.33. The maximum atomic E-state index is 11.4. The van der Waals surface area contributed by atoms with Gasteiger partial charge in [-0.1, -0.05) is 29.3 Å². The van der Waals surface area contributed by atoms with Gasteiger partial charge in [0.25, 0.3) is 5.69 Å². The van der Waals surface area contributed by atoms with E-state index in [1.807, 2.05) is 6.92 Å². The first-order valence-electron chi connectivity index (χ1n) is 6.80. The van der Waals surface area contributed by atoms with Gasteiger partial charge in [0.05, 0.1) is 15.0 Å². The average molecular weight is 353 g/mol. The highest BCUT2D eigenvalue weighted by Crippen LogP contribution is 2.31. The lowest BCUT2D eigenvalue weighted by Gasteiger charge is -2.16. The number of anilines is 1. The number of halogens is 2. The quantitative estimate of drug-likeness (QED) is 0.451. The maximum absolute atomic E-state index is 11.4. The third kappa shape index (κ3) is 4.00. The van der Waals surface area contributed by atoms with Gasteiger partial charge in [-0.3, -0.25) is 14.9 Å². The standard InChI is InChI=1S/C16H14Cl2N2O3/c1-9(11-3-5-13(17)14(18)7-11)19-15-6-4-12(10(2)21)8-16(15)20(22)23/h3-9,19H,1-2H3. The fourth-order valence-corrected chi connectivity index (χ4v) is 2.43. The first kappa shape index (κ1) is 17.2. The number of benzene rings is 2. The fourth-order valence-electron chi connectivity index (χ4n) is 2.12. The van der Waals surface area contributed by atoms with Crippen LogP contribution in [0.4, 0.5) is 11.4 Å². The van der Waals surface area contributed by atoms with Crippen LogP contribution in [-0.4, -0.2) is 10.7 Å². The molecule has 0 saturated heterocycles. The number of carbonyl (C=O) groups is 1. The maximum Gasteiger partial charge on any atom is 0.293 e. The molecule has 2 rings (SSSR count). The Labute approximate surface area is 143 Å². The van der Waals surface area contributed by atoms with Crippen molar-refractivity contribution in [3.8, 4) is 0 Å². The first-order chi connectivity index (χ1) is 10.8. The van der Waals surface area contributed by atoms with E-state index in [-0.39, 0.29) is 17.5 Å². The van der Waals surface area contributed by atoms with E-state index in [1.165, 1.54) is 19.1 Å². The molecule has 0 aliphatic carbocycles. The number of Topliss-reactive ketones (excluding diaryl/α,β-unsaturated/α-hetero) is 1. The minimum Gasteiger partial charge on any atom is -0.373 e. The van der Waals surface area contributed by atoms with Gasteiger partial charge in [-0.25, -0.2) is 0 Å². The summed E-state index contributed by atoms with van der Waals surface area (Å²) in [6, 6.07) is 9.30. The summed E-state index contributed by atoms with van der Waals surface area (Å²) in [5.74, 6) is -0.225. The monoisotopic (exact) mass is 352 g/mol. The number of nitrogens with one attached hydrogen (secondary N) is 1. The van der Waals surface area contributed by atoms with Gasteiger partial charge >= 0.3 is 0 Å². The average Bonchev–Trinajstić information content (AvgIpc) is 2.49. The van der Waals surface area contributed by atoms with Crippen LogP contribution in [0.3, 0.4) is 0 Å². The van der Waals surface area contributed by atoms with Crippen molar-refractivity contribution in [2.45, 2.75) is 19.9 Å². The van der Waals surface area contributed by atoms with E-state index >= 15 is 0 Å². The molecule has 5 nitrogen and oxygen atoms in total. The summed E-state index contributed by atoms with van der Waals surface area (Å²) < 4.78 is 0. The zero-order valence-electron chi connectivity index (χ0n) is 12.5. The number of carbonyl (C=O) groups excluding carboxylic acids is 1. The van der Waals surface area contributed by atoms with Gasteiger partial charge in [-0.15, -0.1) is 0 Å². The predicted octanol–water partition coefficient (Wildman–Crippen LogP) is 5.28. The van der Waals surface area contributed by atoms with E-state index in [4.69, 9.17) is 23.2 Å². The van der Waals surface area contributed by atoms with Crippen LogP contribution in [0.2, 0.25) is 10.0 Å². The lowest BCUT2D eigenvalue weighted by Crippen LogP contribution is -2.09. The molecule has 23 heavy (non-hydrogen) atoms. The van der Waals surface area contributed by atoms with Crippen LogP contribution in [0.1, 0.15) is 35.8 Å². The van der Waals surface area contributed by atoms with E-state index in [2.05, 4.69) is 5.32 Å². The highest BCUT2D eigenvalue weighted by atomic mass is 35.5. The summed E-state index contributed by atoms with van der Waals surface area (Å²) in [5, 5.41) is 15.2. The van der Waals surface area contributed by atoms with Gasteiger partial charge in [-0.05, 0) is 43.7 Å². The van der Waals surface area contributed by atoms with Crippen molar-refractivity contribution in [2.75, 3.05) is 5.32 Å². The zero-order chi connectivity index (χ0) is 17.1. The van der Waals surface area contributed by atoms with Crippen molar-refractivity contribution in [3.63, 3.8) is 0 Å². The molecule has 0 amide bonds. The third-order valence-corrected chi connectivity index (χ3v) is 4.16. The van der Waals surface area contributed by atoms with Crippen molar-refractivity contribution < 1.29 is 9.72 Å². The molecule has 0 aliphatic heterocycles. The van der Waals surface area contributed by atoms with Crippen molar-refractivity contribution >= 4 is 40.4 Å². The van der Waals surface area contributed by atoms with E-state index in [1.54, 1.807) is 24.3 Å². The molecule has 1 unspecified atom stereocenters. The van der Waals surface area contributed by atoms with Crippen LogP contribution in [0, 0.1) is 10.1 Å². The number of rotatable bonds is 5. The molecule has 0 spiro atoms. The van der Waals surface area contributed by atoms with Crippen LogP contribution in [0.15, 0.2) is 36.4 Å². The van der Waals surface area contributed by atoms with Gasteiger partial charge in [0.15, 0.2) is 5.78 Å². The molecule has 0 saturated carbocycles. The molecular formula is C16H14Cl2N2O3. The zero-order valence-corrected chi connectivity index (χ0v) is 14.0. The van der Waals surface area contributed by atoms with E-state index in [0.717, 1.165) is 5.56 Å². The topological polar surface area (TPSA) is 72.2 Å². The Morgan fingerprint density at radius 1 is 1.17 bits per heavy atom. The number of hydrogen-bond donors (Lipinski definition) is 1. The Kier molecular flexibility index (Phi) is 5.23. The number of hydrogen-bond acceptors (Lipinski definition) is 4. The number of ketones is 1. The lowest BCUT2D eigenvalue weighted by atomic mass is 10.1. The second-order valence-corrected chi connectivity index (χ2v) is 5.90. The molecule has 2 aromatic carbocycles. The van der Waals surface area contributed by atoms with Gasteiger partial charge < -0.3 is 5.32 Å². The SMILES string of the molecule is CC(=O)c1ccc(NC(C)c2ccc(Cl)c(Cl)c2)c([N+](=O)[O-])c1. The molecular weight excluding hydrogens is 339 g/mol. The molecule has 1 N–H and O–H groups in total. The van der Waals surface area contributed by atoms with Gasteiger partial charge in [0, 0.05) is 17.7 Å². The molecule has 0 aliphatic rings. The molecule has 7 heteroatoms. The van der Waals surface area contributed by atoms with Crippen molar-refractivity contribution in [1.29, 1.82) is 0 Å². The summed E-state index contributed by atoms with van der Waals surface area (Å²) in [5.41, 5.74) is 1.32. The molecule has 0 heterocycles. The molecule has 1 atom stereocenters. The Hall–Kier alpha value is -2.11. The molecule has 2 aromatic rings. The van der Waals surface area contributed by atoms with Gasteiger partial charge in [0.2, 0.25) is 0 Å². The second kappa shape index (κ2) is 6.98. The Morgan fingerprint density at radius 3 is 2.43 bits per heavy atom. The molecule has 120 valence electrons. The highest BCUT2D eigenvalue weighted by molar-refractivity contribution is 6.42. The molecule has 0 fully saturated rings. The van der Waals surface area contributed by atoms with Crippen LogP contribution in [0.25, 0.3) is 0 Å². The smallest absolute Gasteiger partial charge is 0.293 e. The summed E-state index contributed by atoms with van der Waals surface area (Å²) >= 11 is 11.9. The van der Waals surface area contributed by atoms with Crippen molar-refractivity contribution in [3.05, 3.63) is 67.7 Å². The van der Waals surface area contributed by atoms with Gasteiger partial charge in [-0.2, -0.15) is 0 Å². The van der Waals surface area contributed by atoms with Crippen LogP contribution < -0.4 is 5.32 Å². The first-order valence-corrected chi connectivity index (χ1v) is 7.56. The summed E-state index contributed by atoms with van der Waals surface area (Å²) in [4.78, 5) is 22.1. The van der Waals surface area contributed by atoms with Crippen molar-refractivity contribution in [1.82, 2.24) is 0 Å². The van der Waals surface area contributed by atoms with Crippen LogP contribution >= 0.6 is 23.2 Å². The molecule has 0 aromatic heterocycles. The lowest BCUT2D eigenvalue weighted by molar-refractivity contribution is -0.384. The van der Waals surface area contributed by atoms with E-state index in [0.29, 0.717) is 21.3 Å². The van der Waals surface area contributed by atoms with E-state index < -0.39 is 4.92 Å². The van der Waals surface area contributed by atoms with Crippen LogP contribution in [-0.2, 0) is 0 Å². The Morgan fingerprint density at radius 2 is 1.87 bits per heavy atom. The highest BCUT2D eigenvalue weighted by Gasteiger charge is 2.18. The third-order valence-electron chi connectivity index (χ3n) is 3.42. The molecule has 0 bridgehead atoms. The number of nitro groups is 1. The summed E-state index contributed by atoms with van der Waals surface area (Å²) in [7, 11) is 0. The Bertz CT molecular complexity index is 778. The number of nitrogens with zero attached hydrogens (tertiary/aromatic N) is 1. The minimum absolute atomic E-state index is 0.149. The van der Waals surface area contributed by atoms with E-state index in [9.17, 15) is 14.9 Å². The van der Waals surface area contributed by atoms with Crippen LogP contribution in [0.5, 0.6) is 0 Å². The summed E-state index contributed by atoms with van der Waals surface area (Å²) in [6.07, 6.45) is 0. The largest absolute Gasteiger partial charge is 0.373 e. The van der Waals surface area contributed by atoms with Crippen molar-refractivity contribution in [2.24, 2.45) is 0 Å². The molecule has 0 radical (unpaired) electrons. The normalized spacial score (nSPS) is 11.8. The van der Waals surface area contributed by atoms with Gasteiger partial charge in [0.1, 0.15) is 5.69 Å². The second-order valence-electron chi connectivity index (χ2n) is 5.08. The number of nitro benzene ring substituents is 1.